The smallest absolute Gasteiger partial charge is 0.325 e. The van der Waals surface area contributed by atoms with E-state index in [-0.39, 0.29) is 12.2 Å². The molecule has 8 heteroatoms. The molecule has 1 aromatic heterocycles. The molecule has 0 saturated carbocycles. The van der Waals surface area contributed by atoms with Crippen molar-refractivity contribution in [1.82, 2.24) is 14.8 Å². The number of hydrogen-bond acceptors (Lipinski definition) is 3. The van der Waals surface area contributed by atoms with Crippen LogP contribution in [0.25, 0.3) is 11.8 Å². The maximum Gasteiger partial charge on any atom is 0.329 e. The van der Waals surface area contributed by atoms with Gasteiger partial charge in [-0.25, -0.2) is 9.69 Å². The highest BCUT2D eigenvalue weighted by molar-refractivity contribution is 14.1. The van der Waals surface area contributed by atoms with E-state index in [1.807, 2.05) is 69.3 Å². The SMILES string of the molecule is Cc1cccc(NC(=O)CN2C(=O)N/C(=C\c3cc(C)n(-c4ccc(I)cc4)c3C)C2=O)c1. The minimum Gasteiger partial charge on any atom is -0.325 e. The van der Waals surface area contributed by atoms with Gasteiger partial charge in [0.25, 0.3) is 5.91 Å². The standard InChI is InChI=1S/C25H23IN4O3/c1-15-5-4-6-20(11-15)27-23(31)14-29-24(32)22(28-25(29)33)13-18-12-16(2)30(17(18)3)21-9-7-19(26)8-10-21/h4-13H,14H2,1-3H3,(H,27,31)(H,28,33)/b22-13-. The van der Waals surface area contributed by atoms with Gasteiger partial charge in [-0.15, -0.1) is 0 Å². The minimum atomic E-state index is -0.614. The maximum absolute atomic E-state index is 12.9. The molecule has 1 fully saturated rings. The monoisotopic (exact) mass is 554 g/mol. The van der Waals surface area contributed by atoms with Gasteiger partial charge < -0.3 is 15.2 Å². The third kappa shape index (κ3) is 4.85. The zero-order valence-corrected chi connectivity index (χ0v) is 20.6. The number of nitrogens with zero attached hydrogens (tertiary/aromatic N) is 2. The van der Waals surface area contributed by atoms with E-state index in [2.05, 4.69) is 37.8 Å². The number of carbonyl (C=O) groups excluding carboxylic acids is 3. The molecule has 7 nitrogen and oxygen atoms in total. The van der Waals surface area contributed by atoms with E-state index in [0.717, 1.165) is 36.7 Å². The first-order valence-corrected chi connectivity index (χ1v) is 11.5. The molecule has 2 aromatic carbocycles. The lowest BCUT2D eigenvalue weighted by Gasteiger charge is -2.12. The van der Waals surface area contributed by atoms with Gasteiger partial charge in [0, 0.05) is 26.3 Å². The fraction of sp³-hybridized carbons (Fsp3) is 0.160. The molecular weight excluding hydrogens is 531 g/mol. The normalized spacial score (nSPS) is 14.7. The number of halogens is 1. The van der Waals surface area contributed by atoms with Gasteiger partial charge in [-0.3, -0.25) is 9.59 Å². The van der Waals surface area contributed by atoms with E-state index in [9.17, 15) is 14.4 Å². The van der Waals surface area contributed by atoms with Crippen LogP contribution in [-0.4, -0.2) is 33.9 Å². The van der Waals surface area contributed by atoms with Crippen LogP contribution in [0.3, 0.4) is 0 Å². The van der Waals surface area contributed by atoms with Crippen LogP contribution in [0, 0.1) is 24.3 Å². The number of aromatic nitrogens is 1. The Labute approximate surface area is 205 Å². The zero-order chi connectivity index (χ0) is 23.7. The lowest BCUT2D eigenvalue weighted by molar-refractivity contribution is -0.127. The van der Waals surface area contributed by atoms with Crippen molar-refractivity contribution in [3.05, 3.63) is 86.4 Å². The number of benzene rings is 2. The van der Waals surface area contributed by atoms with Gasteiger partial charge >= 0.3 is 6.03 Å². The number of amides is 4. The number of rotatable bonds is 5. The van der Waals surface area contributed by atoms with E-state index < -0.39 is 17.8 Å². The Kier molecular flexibility index (Phi) is 6.37. The predicted octanol–water partition coefficient (Wildman–Crippen LogP) is 4.54. The number of aryl methyl sites for hydroxylation is 2. The Morgan fingerprint density at radius 2 is 1.79 bits per heavy atom. The Balaban J connectivity index is 1.53. The summed E-state index contributed by atoms with van der Waals surface area (Å²) in [5, 5.41) is 5.31. The van der Waals surface area contributed by atoms with Crippen molar-refractivity contribution in [3.63, 3.8) is 0 Å². The van der Waals surface area contributed by atoms with Crippen molar-refractivity contribution in [2.75, 3.05) is 11.9 Å². The first-order chi connectivity index (χ1) is 15.7. The Morgan fingerprint density at radius 1 is 1.06 bits per heavy atom. The van der Waals surface area contributed by atoms with Crippen molar-refractivity contribution >= 4 is 52.2 Å². The van der Waals surface area contributed by atoms with E-state index in [0.29, 0.717) is 5.69 Å². The summed E-state index contributed by atoms with van der Waals surface area (Å²) >= 11 is 2.26. The van der Waals surface area contributed by atoms with Crippen molar-refractivity contribution < 1.29 is 14.4 Å². The number of carbonyl (C=O) groups is 3. The molecule has 0 spiro atoms. The molecule has 3 aromatic rings. The largest absolute Gasteiger partial charge is 0.329 e. The molecule has 0 atom stereocenters. The molecule has 0 aliphatic carbocycles. The molecule has 1 aliphatic heterocycles. The van der Waals surface area contributed by atoms with Gasteiger partial charge in [0.1, 0.15) is 12.2 Å². The molecule has 0 radical (unpaired) electrons. The minimum absolute atomic E-state index is 0.145. The molecule has 1 aliphatic rings. The Hall–Kier alpha value is -3.40. The van der Waals surface area contributed by atoms with Crippen molar-refractivity contribution in [2.45, 2.75) is 20.8 Å². The summed E-state index contributed by atoms with van der Waals surface area (Å²) in [6.45, 7) is 5.51. The van der Waals surface area contributed by atoms with Gasteiger partial charge in [0.05, 0.1) is 0 Å². The quantitative estimate of drug-likeness (QED) is 0.276. The third-order valence-corrected chi connectivity index (χ3v) is 6.14. The van der Waals surface area contributed by atoms with Crippen molar-refractivity contribution in [3.8, 4) is 5.69 Å². The van der Waals surface area contributed by atoms with Crippen LogP contribution in [-0.2, 0) is 9.59 Å². The van der Waals surface area contributed by atoms with Crippen LogP contribution >= 0.6 is 22.6 Å². The van der Waals surface area contributed by atoms with Crippen LogP contribution in [0.15, 0.2) is 60.3 Å². The first-order valence-electron chi connectivity index (χ1n) is 10.4. The molecule has 2 N–H and O–H groups in total. The molecule has 0 unspecified atom stereocenters. The second-order valence-electron chi connectivity index (χ2n) is 7.94. The summed E-state index contributed by atoms with van der Waals surface area (Å²) in [5.41, 5.74) is 5.55. The lowest BCUT2D eigenvalue weighted by atomic mass is 10.2. The first kappa shape index (κ1) is 22.8. The molecular formula is C25H23IN4O3. The van der Waals surface area contributed by atoms with Crippen LogP contribution in [0.2, 0.25) is 0 Å². The summed E-state index contributed by atoms with van der Waals surface area (Å²) in [6.07, 6.45) is 1.66. The molecule has 33 heavy (non-hydrogen) atoms. The maximum atomic E-state index is 12.9. The van der Waals surface area contributed by atoms with Gasteiger partial charge in [-0.05, 0) is 103 Å². The van der Waals surface area contributed by atoms with Gasteiger partial charge in [0.15, 0.2) is 0 Å². The summed E-state index contributed by atoms with van der Waals surface area (Å²) in [5.74, 6) is -0.972. The van der Waals surface area contributed by atoms with E-state index in [1.54, 1.807) is 12.1 Å². The van der Waals surface area contributed by atoms with Crippen molar-refractivity contribution in [1.29, 1.82) is 0 Å². The average molecular weight is 554 g/mol. The number of urea groups is 1. The number of anilines is 1. The highest BCUT2D eigenvalue weighted by atomic mass is 127. The van der Waals surface area contributed by atoms with Crippen LogP contribution < -0.4 is 10.6 Å². The summed E-state index contributed by atoms with van der Waals surface area (Å²) < 4.78 is 3.24. The fourth-order valence-corrected chi connectivity index (χ4v) is 4.22. The van der Waals surface area contributed by atoms with Crippen molar-refractivity contribution in [2.24, 2.45) is 0 Å². The predicted molar refractivity (Wildman–Crippen MR) is 136 cm³/mol. The molecule has 1 saturated heterocycles. The average Bonchev–Trinajstić information content (AvgIpc) is 3.18. The summed E-state index contributed by atoms with van der Waals surface area (Å²) in [6, 6.07) is 16.8. The fourth-order valence-electron chi connectivity index (χ4n) is 3.86. The van der Waals surface area contributed by atoms with Crippen LogP contribution in [0.1, 0.15) is 22.5 Å². The summed E-state index contributed by atoms with van der Waals surface area (Å²) in [7, 11) is 0. The number of hydrogen-bond donors (Lipinski definition) is 2. The number of imide groups is 1. The second kappa shape index (κ2) is 9.22. The lowest BCUT2D eigenvalue weighted by Crippen LogP contribution is -2.38. The van der Waals surface area contributed by atoms with Crippen LogP contribution in [0.5, 0.6) is 0 Å². The summed E-state index contributed by atoms with van der Waals surface area (Å²) in [4.78, 5) is 38.6. The zero-order valence-electron chi connectivity index (χ0n) is 18.5. The Bertz CT molecular complexity index is 1290. The topological polar surface area (TPSA) is 83.4 Å². The molecule has 4 amide bonds. The molecule has 2 heterocycles. The van der Waals surface area contributed by atoms with E-state index in [1.165, 1.54) is 0 Å². The van der Waals surface area contributed by atoms with Gasteiger partial charge in [-0.1, -0.05) is 12.1 Å². The third-order valence-electron chi connectivity index (χ3n) is 5.42. The van der Waals surface area contributed by atoms with E-state index >= 15 is 0 Å². The molecule has 168 valence electrons. The van der Waals surface area contributed by atoms with E-state index in [4.69, 9.17) is 0 Å². The van der Waals surface area contributed by atoms with Gasteiger partial charge in [-0.2, -0.15) is 0 Å². The highest BCUT2D eigenvalue weighted by Gasteiger charge is 2.35. The van der Waals surface area contributed by atoms with Gasteiger partial charge in [0.2, 0.25) is 5.91 Å². The molecule has 4 rings (SSSR count). The molecule has 0 bridgehead atoms. The highest BCUT2D eigenvalue weighted by Crippen LogP contribution is 2.24. The second-order valence-corrected chi connectivity index (χ2v) is 9.18. The van der Waals surface area contributed by atoms with Crippen LogP contribution in [0.4, 0.5) is 10.5 Å². The Morgan fingerprint density at radius 3 is 2.48 bits per heavy atom. The number of nitrogens with one attached hydrogen (secondary N) is 2.